The van der Waals surface area contributed by atoms with Crippen molar-refractivity contribution >= 4 is 5.91 Å². The van der Waals surface area contributed by atoms with Gasteiger partial charge in [0.15, 0.2) is 5.69 Å². The molecule has 0 atom stereocenters. The molecule has 1 N–H and O–H groups in total. The van der Waals surface area contributed by atoms with Gasteiger partial charge in [0.25, 0.3) is 5.91 Å². The summed E-state index contributed by atoms with van der Waals surface area (Å²) in [6, 6.07) is 15.9. The molecule has 1 aromatic heterocycles. The van der Waals surface area contributed by atoms with E-state index in [9.17, 15) is 4.79 Å². The van der Waals surface area contributed by atoms with Crippen LogP contribution in [0.2, 0.25) is 0 Å². The second-order valence-electron chi connectivity index (χ2n) is 8.34. The highest BCUT2D eigenvalue weighted by Gasteiger charge is 2.18. The Balaban J connectivity index is 1.31. The Labute approximate surface area is 195 Å². The van der Waals surface area contributed by atoms with Gasteiger partial charge < -0.3 is 15.0 Å². The number of hydrogen-bond acceptors (Lipinski definition) is 6. The van der Waals surface area contributed by atoms with Crippen LogP contribution in [0.25, 0.3) is 5.69 Å². The minimum absolute atomic E-state index is 0.231. The maximum absolute atomic E-state index is 12.7. The summed E-state index contributed by atoms with van der Waals surface area (Å²) in [4.78, 5) is 17.7. The number of nitrogens with one attached hydrogen (secondary N) is 1. The molecule has 1 aliphatic heterocycles. The summed E-state index contributed by atoms with van der Waals surface area (Å²) < 4.78 is 6.85. The minimum atomic E-state index is -0.231. The number of methoxy groups -OCH3 is 1. The number of amides is 1. The molecule has 3 aromatic rings. The molecule has 174 valence electrons. The topological polar surface area (TPSA) is 75.5 Å². The molecule has 1 amide bonds. The molecule has 4 rings (SSSR count). The highest BCUT2D eigenvalue weighted by molar-refractivity contribution is 5.93. The van der Waals surface area contributed by atoms with Crippen molar-refractivity contribution in [1.82, 2.24) is 30.1 Å². The first-order valence-corrected chi connectivity index (χ1v) is 11.4. The van der Waals surface area contributed by atoms with Crippen molar-refractivity contribution in [2.75, 3.05) is 39.8 Å². The maximum atomic E-state index is 12.7. The number of likely N-dealkylation sites (N-methyl/N-ethyl adjacent to an activating group) is 1. The van der Waals surface area contributed by atoms with Gasteiger partial charge in [0.1, 0.15) is 5.75 Å². The van der Waals surface area contributed by atoms with E-state index < -0.39 is 0 Å². The van der Waals surface area contributed by atoms with Crippen molar-refractivity contribution in [3.63, 3.8) is 0 Å². The number of carbonyl (C=O) groups excluding carboxylic acids is 1. The van der Waals surface area contributed by atoms with E-state index in [4.69, 9.17) is 4.74 Å². The van der Waals surface area contributed by atoms with E-state index in [1.807, 2.05) is 31.2 Å². The molecule has 2 heterocycles. The van der Waals surface area contributed by atoms with Crippen molar-refractivity contribution in [1.29, 1.82) is 0 Å². The molecule has 0 bridgehead atoms. The van der Waals surface area contributed by atoms with Gasteiger partial charge in [-0.3, -0.25) is 9.69 Å². The lowest BCUT2D eigenvalue weighted by Gasteiger charge is -2.34. The number of hydrogen-bond donors (Lipinski definition) is 1. The molecule has 0 saturated carbocycles. The molecule has 2 aromatic carbocycles. The fraction of sp³-hybridized carbons (Fsp3) is 0.400. The van der Waals surface area contributed by atoms with Gasteiger partial charge in [-0.05, 0) is 48.9 Å². The normalized spacial score (nSPS) is 14.9. The number of nitrogens with zero attached hydrogens (tertiary/aromatic N) is 5. The van der Waals surface area contributed by atoms with Crippen LogP contribution in [0.1, 0.15) is 34.2 Å². The number of carbonyl (C=O) groups is 1. The Morgan fingerprint density at radius 1 is 0.970 bits per heavy atom. The van der Waals surface area contributed by atoms with Crippen LogP contribution in [0.15, 0.2) is 48.5 Å². The van der Waals surface area contributed by atoms with Gasteiger partial charge in [0, 0.05) is 39.3 Å². The summed E-state index contributed by atoms with van der Waals surface area (Å²) >= 11 is 0. The number of piperazine rings is 1. The van der Waals surface area contributed by atoms with Crippen molar-refractivity contribution in [3.05, 3.63) is 71.0 Å². The van der Waals surface area contributed by atoms with Crippen LogP contribution in [0, 0.1) is 6.92 Å². The van der Waals surface area contributed by atoms with Crippen LogP contribution in [0.3, 0.4) is 0 Å². The largest absolute Gasteiger partial charge is 0.497 e. The highest BCUT2D eigenvalue weighted by Crippen LogP contribution is 2.17. The second kappa shape index (κ2) is 10.6. The van der Waals surface area contributed by atoms with E-state index in [-0.39, 0.29) is 5.91 Å². The summed E-state index contributed by atoms with van der Waals surface area (Å²) in [6.07, 6.45) is 0. The quantitative estimate of drug-likeness (QED) is 0.571. The fourth-order valence-electron chi connectivity index (χ4n) is 4.06. The van der Waals surface area contributed by atoms with Crippen LogP contribution < -0.4 is 10.1 Å². The average Bonchev–Trinajstić information content (AvgIpc) is 3.25. The van der Waals surface area contributed by atoms with Gasteiger partial charge in [-0.15, -0.1) is 5.10 Å². The summed E-state index contributed by atoms with van der Waals surface area (Å²) in [6.45, 7) is 11.1. The molecule has 0 radical (unpaired) electrons. The van der Waals surface area contributed by atoms with Gasteiger partial charge in [-0.25, -0.2) is 4.68 Å². The number of rotatable bonds is 8. The van der Waals surface area contributed by atoms with E-state index in [1.165, 1.54) is 5.56 Å². The van der Waals surface area contributed by atoms with Crippen molar-refractivity contribution in [3.8, 4) is 11.4 Å². The maximum Gasteiger partial charge on any atom is 0.274 e. The highest BCUT2D eigenvalue weighted by atomic mass is 16.5. The lowest BCUT2D eigenvalue weighted by Crippen LogP contribution is -2.45. The van der Waals surface area contributed by atoms with E-state index in [0.29, 0.717) is 17.9 Å². The zero-order valence-corrected chi connectivity index (χ0v) is 19.6. The third-order valence-electron chi connectivity index (χ3n) is 6.22. The molecule has 8 nitrogen and oxygen atoms in total. The fourth-order valence-corrected chi connectivity index (χ4v) is 4.06. The van der Waals surface area contributed by atoms with E-state index >= 15 is 0 Å². The summed E-state index contributed by atoms with van der Waals surface area (Å²) in [5, 5.41) is 11.2. The smallest absolute Gasteiger partial charge is 0.274 e. The zero-order chi connectivity index (χ0) is 23.2. The molecule has 1 aliphatic rings. The van der Waals surface area contributed by atoms with Gasteiger partial charge in [0.05, 0.1) is 18.5 Å². The van der Waals surface area contributed by atoms with E-state index in [1.54, 1.807) is 11.8 Å². The molecule has 0 spiro atoms. The molecule has 33 heavy (non-hydrogen) atoms. The Hall–Kier alpha value is -3.23. The Bertz CT molecular complexity index is 1050. The van der Waals surface area contributed by atoms with E-state index in [0.717, 1.165) is 56.3 Å². The Morgan fingerprint density at radius 2 is 1.61 bits per heavy atom. The molecular formula is C25H32N6O2. The van der Waals surface area contributed by atoms with Crippen molar-refractivity contribution < 1.29 is 9.53 Å². The van der Waals surface area contributed by atoms with Gasteiger partial charge in [0.2, 0.25) is 0 Å². The summed E-state index contributed by atoms with van der Waals surface area (Å²) in [5.74, 6) is 0.532. The second-order valence-corrected chi connectivity index (χ2v) is 8.34. The molecule has 0 unspecified atom stereocenters. The van der Waals surface area contributed by atoms with Crippen molar-refractivity contribution in [2.24, 2.45) is 0 Å². The first kappa shape index (κ1) is 22.9. The lowest BCUT2D eigenvalue weighted by molar-refractivity contribution is 0.0945. The van der Waals surface area contributed by atoms with Crippen LogP contribution in [0.5, 0.6) is 5.75 Å². The summed E-state index contributed by atoms with van der Waals surface area (Å²) in [7, 11) is 1.63. The number of aromatic nitrogens is 3. The molecule has 8 heteroatoms. The van der Waals surface area contributed by atoms with Gasteiger partial charge >= 0.3 is 0 Å². The van der Waals surface area contributed by atoms with Gasteiger partial charge in [-0.2, -0.15) is 0 Å². The van der Waals surface area contributed by atoms with Crippen LogP contribution in [-0.2, 0) is 13.1 Å². The minimum Gasteiger partial charge on any atom is -0.497 e. The third kappa shape index (κ3) is 5.58. The van der Waals surface area contributed by atoms with Crippen LogP contribution in [0.4, 0.5) is 0 Å². The first-order valence-electron chi connectivity index (χ1n) is 11.4. The first-order chi connectivity index (χ1) is 16.1. The standard InChI is InChI=1S/C25H32N6O2/c1-4-29-13-15-30(16-14-29)18-21-7-5-20(6-8-21)17-26-25(32)24-19(2)31(28-27-24)22-9-11-23(33-3)12-10-22/h5-12H,4,13-18H2,1-3H3,(H,26,32). The zero-order valence-electron chi connectivity index (χ0n) is 19.6. The predicted octanol–water partition coefficient (Wildman–Crippen LogP) is 2.65. The molecule has 1 fully saturated rings. The molecule has 1 saturated heterocycles. The van der Waals surface area contributed by atoms with E-state index in [2.05, 4.69) is 56.6 Å². The third-order valence-corrected chi connectivity index (χ3v) is 6.22. The average molecular weight is 449 g/mol. The predicted molar refractivity (Wildman–Crippen MR) is 128 cm³/mol. The summed E-state index contributed by atoms with van der Waals surface area (Å²) in [5.41, 5.74) is 4.20. The number of ether oxygens (including phenoxy) is 1. The molecule has 0 aliphatic carbocycles. The Morgan fingerprint density at radius 3 is 2.24 bits per heavy atom. The monoisotopic (exact) mass is 448 g/mol. The molecular weight excluding hydrogens is 416 g/mol. The van der Waals surface area contributed by atoms with Gasteiger partial charge in [-0.1, -0.05) is 36.4 Å². The van der Waals surface area contributed by atoms with Crippen LogP contribution >= 0.6 is 0 Å². The lowest BCUT2D eigenvalue weighted by atomic mass is 10.1. The van der Waals surface area contributed by atoms with Crippen molar-refractivity contribution in [2.45, 2.75) is 26.9 Å². The van der Waals surface area contributed by atoms with Crippen LogP contribution in [-0.4, -0.2) is 70.5 Å². The number of benzene rings is 2. The Kier molecular flexibility index (Phi) is 7.36. The SMILES string of the molecule is CCN1CCN(Cc2ccc(CNC(=O)c3nnn(-c4ccc(OC)cc4)c3C)cc2)CC1.